The number of nitrogens with zero attached hydrogens (tertiary/aromatic N) is 1. The number of aromatic nitrogens is 1. The summed E-state index contributed by atoms with van der Waals surface area (Å²) >= 11 is 1.56. The van der Waals surface area contributed by atoms with E-state index in [0.717, 1.165) is 0 Å². The van der Waals surface area contributed by atoms with E-state index in [-0.39, 0.29) is 0 Å². The van der Waals surface area contributed by atoms with E-state index in [2.05, 4.69) is 24.2 Å². The van der Waals surface area contributed by atoms with Gasteiger partial charge >= 0.3 is 0 Å². The van der Waals surface area contributed by atoms with E-state index in [9.17, 15) is 0 Å². The highest BCUT2D eigenvalue weighted by molar-refractivity contribution is 7.13. The number of thiazole rings is 1. The summed E-state index contributed by atoms with van der Waals surface area (Å²) < 4.78 is 0. The van der Waals surface area contributed by atoms with E-state index in [0.29, 0.717) is 16.5 Å². The SMILES string of the molecule is CC1(C)CCC(c2csc(N)n2)CC1. The molecule has 1 fully saturated rings. The summed E-state index contributed by atoms with van der Waals surface area (Å²) in [5, 5.41) is 2.84. The van der Waals surface area contributed by atoms with Gasteiger partial charge in [0.05, 0.1) is 5.69 Å². The largest absolute Gasteiger partial charge is 0.375 e. The maximum absolute atomic E-state index is 5.65. The molecule has 14 heavy (non-hydrogen) atoms. The molecular weight excluding hydrogens is 192 g/mol. The molecule has 0 aliphatic heterocycles. The minimum absolute atomic E-state index is 0.540. The molecule has 0 spiro atoms. The van der Waals surface area contributed by atoms with Crippen molar-refractivity contribution in [3.05, 3.63) is 11.1 Å². The van der Waals surface area contributed by atoms with Gasteiger partial charge in [0.25, 0.3) is 0 Å². The fourth-order valence-electron chi connectivity index (χ4n) is 2.18. The van der Waals surface area contributed by atoms with Crippen molar-refractivity contribution < 1.29 is 0 Å². The zero-order chi connectivity index (χ0) is 10.2. The molecule has 1 saturated carbocycles. The van der Waals surface area contributed by atoms with E-state index in [1.165, 1.54) is 31.4 Å². The van der Waals surface area contributed by atoms with Crippen LogP contribution in [0.3, 0.4) is 0 Å². The van der Waals surface area contributed by atoms with Crippen LogP contribution in [-0.4, -0.2) is 4.98 Å². The predicted octanol–water partition coefficient (Wildman–Crippen LogP) is 3.41. The normalized spacial score (nSPS) is 22.4. The first kappa shape index (κ1) is 9.97. The molecule has 0 saturated heterocycles. The van der Waals surface area contributed by atoms with Crippen molar-refractivity contribution >= 4 is 16.5 Å². The van der Waals surface area contributed by atoms with Crippen molar-refractivity contribution in [1.29, 1.82) is 0 Å². The number of nitrogen functional groups attached to an aromatic ring is 1. The molecule has 0 aromatic carbocycles. The van der Waals surface area contributed by atoms with Gasteiger partial charge in [-0.2, -0.15) is 0 Å². The third kappa shape index (κ3) is 2.08. The monoisotopic (exact) mass is 210 g/mol. The highest BCUT2D eigenvalue weighted by Crippen LogP contribution is 2.42. The molecule has 1 heterocycles. The van der Waals surface area contributed by atoms with Crippen molar-refractivity contribution in [2.75, 3.05) is 5.73 Å². The van der Waals surface area contributed by atoms with E-state index >= 15 is 0 Å². The average Bonchev–Trinajstić information content (AvgIpc) is 2.52. The van der Waals surface area contributed by atoms with Crippen LogP contribution < -0.4 is 5.73 Å². The summed E-state index contributed by atoms with van der Waals surface area (Å²) in [5.74, 6) is 0.663. The van der Waals surface area contributed by atoms with E-state index in [1.807, 2.05) is 0 Å². The van der Waals surface area contributed by atoms with Crippen LogP contribution in [0.15, 0.2) is 5.38 Å². The molecule has 78 valence electrons. The van der Waals surface area contributed by atoms with Gasteiger partial charge in [0.2, 0.25) is 0 Å². The number of rotatable bonds is 1. The first-order chi connectivity index (χ1) is 6.57. The van der Waals surface area contributed by atoms with Crippen LogP contribution in [0, 0.1) is 5.41 Å². The molecule has 0 radical (unpaired) electrons. The Morgan fingerprint density at radius 1 is 1.43 bits per heavy atom. The van der Waals surface area contributed by atoms with Gasteiger partial charge < -0.3 is 5.73 Å². The van der Waals surface area contributed by atoms with Gasteiger partial charge in [-0.25, -0.2) is 4.98 Å². The molecule has 0 bridgehead atoms. The maximum Gasteiger partial charge on any atom is 0.180 e. The molecule has 3 heteroatoms. The lowest BCUT2D eigenvalue weighted by Gasteiger charge is -2.33. The van der Waals surface area contributed by atoms with Crippen LogP contribution in [0.2, 0.25) is 0 Å². The summed E-state index contributed by atoms with van der Waals surface area (Å²) in [5.41, 5.74) is 7.41. The minimum atomic E-state index is 0.540. The van der Waals surface area contributed by atoms with Crippen LogP contribution in [0.5, 0.6) is 0 Å². The van der Waals surface area contributed by atoms with Gasteiger partial charge in [-0.1, -0.05) is 13.8 Å². The van der Waals surface area contributed by atoms with Crippen LogP contribution in [0.25, 0.3) is 0 Å². The summed E-state index contributed by atoms with van der Waals surface area (Å²) in [6.07, 6.45) is 5.18. The van der Waals surface area contributed by atoms with Crippen molar-refractivity contribution in [2.45, 2.75) is 45.4 Å². The van der Waals surface area contributed by atoms with Gasteiger partial charge in [0.15, 0.2) is 5.13 Å². The van der Waals surface area contributed by atoms with E-state index < -0.39 is 0 Å². The quantitative estimate of drug-likeness (QED) is 0.771. The summed E-state index contributed by atoms with van der Waals surface area (Å²) in [6.45, 7) is 4.72. The smallest absolute Gasteiger partial charge is 0.180 e. The zero-order valence-electron chi connectivity index (χ0n) is 8.92. The number of nitrogens with two attached hydrogens (primary N) is 1. The van der Waals surface area contributed by atoms with Crippen LogP contribution in [0.1, 0.15) is 51.1 Å². The third-order valence-electron chi connectivity index (χ3n) is 3.30. The molecule has 1 aromatic heterocycles. The number of hydrogen-bond acceptors (Lipinski definition) is 3. The minimum Gasteiger partial charge on any atom is -0.375 e. The molecule has 0 amide bonds. The van der Waals surface area contributed by atoms with Gasteiger partial charge in [-0.3, -0.25) is 0 Å². The van der Waals surface area contributed by atoms with Gasteiger partial charge in [0, 0.05) is 11.3 Å². The Labute approximate surface area is 89.5 Å². The molecule has 2 rings (SSSR count). The molecular formula is C11H18N2S. The number of hydrogen-bond donors (Lipinski definition) is 1. The van der Waals surface area contributed by atoms with Crippen molar-refractivity contribution in [3.8, 4) is 0 Å². The lowest BCUT2D eigenvalue weighted by Crippen LogP contribution is -2.20. The molecule has 1 aliphatic carbocycles. The predicted molar refractivity (Wildman–Crippen MR) is 61.5 cm³/mol. The molecule has 0 atom stereocenters. The van der Waals surface area contributed by atoms with Crippen molar-refractivity contribution in [3.63, 3.8) is 0 Å². The standard InChI is InChI=1S/C11H18N2S/c1-11(2)5-3-8(4-6-11)9-7-14-10(12)13-9/h7-8H,3-6H2,1-2H3,(H2,12,13). The van der Waals surface area contributed by atoms with Gasteiger partial charge in [-0.05, 0) is 31.1 Å². The second-order valence-corrected chi connectivity index (χ2v) is 5.94. The Balaban J connectivity index is 2.02. The lowest BCUT2D eigenvalue weighted by atomic mass is 9.72. The Morgan fingerprint density at radius 3 is 2.57 bits per heavy atom. The maximum atomic E-state index is 5.65. The summed E-state index contributed by atoms with van der Waals surface area (Å²) in [7, 11) is 0. The zero-order valence-corrected chi connectivity index (χ0v) is 9.73. The first-order valence-electron chi connectivity index (χ1n) is 5.28. The Hall–Kier alpha value is -0.570. The summed E-state index contributed by atoms with van der Waals surface area (Å²) in [4.78, 5) is 4.38. The Morgan fingerprint density at radius 2 is 2.07 bits per heavy atom. The van der Waals surface area contributed by atoms with Crippen LogP contribution >= 0.6 is 11.3 Å². The molecule has 1 aliphatic rings. The first-order valence-corrected chi connectivity index (χ1v) is 6.16. The van der Waals surface area contributed by atoms with Gasteiger partial charge in [0.1, 0.15) is 0 Å². The van der Waals surface area contributed by atoms with E-state index in [1.54, 1.807) is 11.3 Å². The highest BCUT2D eigenvalue weighted by Gasteiger charge is 2.28. The number of anilines is 1. The average molecular weight is 210 g/mol. The molecule has 2 N–H and O–H groups in total. The van der Waals surface area contributed by atoms with Crippen LogP contribution in [-0.2, 0) is 0 Å². The van der Waals surface area contributed by atoms with Crippen molar-refractivity contribution in [1.82, 2.24) is 4.98 Å². The second kappa shape index (κ2) is 3.54. The highest BCUT2D eigenvalue weighted by atomic mass is 32.1. The molecule has 1 aromatic rings. The summed E-state index contributed by atoms with van der Waals surface area (Å²) in [6, 6.07) is 0. The molecule has 2 nitrogen and oxygen atoms in total. The van der Waals surface area contributed by atoms with Crippen LogP contribution in [0.4, 0.5) is 5.13 Å². The fourth-order valence-corrected chi connectivity index (χ4v) is 2.83. The van der Waals surface area contributed by atoms with Gasteiger partial charge in [-0.15, -0.1) is 11.3 Å². The third-order valence-corrected chi connectivity index (χ3v) is 3.99. The Kier molecular flexibility index (Phi) is 2.52. The lowest BCUT2D eigenvalue weighted by molar-refractivity contribution is 0.223. The fraction of sp³-hybridized carbons (Fsp3) is 0.727. The topological polar surface area (TPSA) is 38.9 Å². The second-order valence-electron chi connectivity index (χ2n) is 5.05. The molecule has 0 unspecified atom stereocenters. The van der Waals surface area contributed by atoms with Crippen molar-refractivity contribution in [2.24, 2.45) is 5.41 Å². The van der Waals surface area contributed by atoms with E-state index in [4.69, 9.17) is 5.73 Å². The Bertz CT molecular complexity index is 307.